The number of nitrogens with one attached hydrogen (secondary N) is 1. The van der Waals surface area contributed by atoms with Gasteiger partial charge in [-0.15, -0.1) is 0 Å². The van der Waals surface area contributed by atoms with Gasteiger partial charge in [0, 0.05) is 23.4 Å². The molecular formula is C17H16ClN3O. The largest absolute Gasteiger partial charge is 0.352 e. The van der Waals surface area contributed by atoms with Gasteiger partial charge in [-0.3, -0.25) is 9.48 Å². The zero-order valence-electron chi connectivity index (χ0n) is 12.0. The van der Waals surface area contributed by atoms with E-state index in [0.717, 1.165) is 16.5 Å². The van der Waals surface area contributed by atoms with Crippen LogP contribution in [0.1, 0.15) is 12.0 Å². The van der Waals surface area contributed by atoms with E-state index >= 15 is 0 Å². The first-order valence-corrected chi connectivity index (χ1v) is 7.52. The van der Waals surface area contributed by atoms with Crippen molar-refractivity contribution in [2.75, 3.05) is 0 Å². The van der Waals surface area contributed by atoms with Crippen LogP contribution in [-0.4, -0.2) is 15.7 Å². The normalized spacial score (nSPS) is 10.8. The van der Waals surface area contributed by atoms with Crippen molar-refractivity contribution in [2.45, 2.75) is 19.5 Å². The van der Waals surface area contributed by atoms with Crippen LogP contribution in [0, 0.1) is 0 Å². The van der Waals surface area contributed by atoms with Gasteiger partial charge in [0.05, 0.1) is 18.3 Å². The summed E-state index contributed by atoms with van der Waals surface area (Å²) in [4.78, 5) is 11.9. The molecule has 3 rings (SSSR count). The van der Waals surface area contributed by atoms with E-state index in [1.807, 2.05) is 59.4 Å². The number of hydrogen-bond acceptors (Lipinski definition) is 2. The fourth-order valence-electron chi connectivity index (χ4n) is 2.30. The summed E-state index contributed by atoms with van der Waals surface area (Å²) in [7, 11) is 0. The number of aromatic nitrogens is 2. The topological polar surface area (TPSA) is 46.9 Å². The summed E-state index contributed by atoms with van der Waals surface area (Å²) in [6.45, 7) is 1.08. The SMILES string of the molecule is O=C(CCn1ncc2ccccc21)NCc1ccc(Cl)cc1. The number of rotatable bonds is 5. The van der Waals surface area contributed by atoms with Crippen LogP contribution in [0.15, 0.2) is 54.7 Å². The summed E-state index contributed by atoms with van der Waals surface area (Å²) in [5.74, 6) is 0.00883. The van der Waals surface area contributed by atoms with Gasteiger partial charge in [-0.25, -0.2) is 0 Å². The highest BCUT2D eigenvalue weighted by Gasteiger charge is 2.05. The Morgan fingerprint density at radius 1 is 1.14 bits per heavy atom. The van der Waals surface area contributed by atoms with Crippen molar-refractivity contribution in [3.8, 4) is 0 Å². The van der Waals surface area contributed by atoms with Gasteiger partial charge in [-0.05, 0) is 23.8 Å². The molecular weight excluding hydrogens is 298 g/mol. The number of para-hydroxylation sites is 1. The predicted molar refractivity (Wildman–Crippen MR) is 87.6 cm³/mol. The molecule has 0 aliphatic carbocycles. The van der Waals surface area contributed by atoms with E-state index in [4.69, 9.17) is 11.6 Å². The third-order valence-electron chi connectivity index (χ3n) is 3.50. The number of carbonyl (C=O) groups excluding carboxylic acids is 1. The molecule has 4 nitrogen and oxygen atoms in total. The van der Waals surface area contributed by atoms with Crippen LogP contribution in [0.4, 0.5) is 0 Å². The van der Waals surface area contributed by atoms with Gasteiger partial charge in [0.2, 0.25) is 5.91 Å². The molecule has 0 radical (unpaired) electrons. The molecule has 0 atom stereocenters. The smallest absolute Gasteiger partial charge is 0.222 e. The van der Waals surface area contributed by atoms with Crippen LogP contribution in [-0.2, 0) is 17.9 Å². The van der Waals surface area contributed by atoms with Gasteiger partial charge in [-0.1, -0.05) is 41.9 Å². The maximum Gasteiger partial charge on any atom is 0.222 e. The van der Waals surface area contributed by atoms with Gasteiger partial charge in [0.25, 0.3) is 0 Å². The van der Waals surface area contributed by atoms with E-state index in [9.17, 15) is 4.79 Å². The lowest BCUT2D eigenvalue weighted by atomic mass is 10.2. The summed E-state index contributed by atoms with van der Waals surface area (Å²) in [6, 6.07) is 15.4. The molecule has 5 heteroatoms. The lowest BCUT2D eigenvalue weighted by Crippen LogP contribution is -2.24. The molecule has 0 unspecified atom stereocenters. The lowest BCUT2D eigenvalue weighted by Gasteiger charge is -2.06. The lowest BCUT2D eigenvalue weighted by molar-refractivity contribution is -0.121. The van der Waals surface area contributed by atoms with Crippen molar-refractivity contribution in [3.05, 3.63) is 65.3 Å². The molecule has 0 saturated carbocycles. The summed E-state index contributed by atoms with van der Waals surface area (Å²) in [6.07, 6.45) is 2.22. The Kier molecular flexibility index (Phi) is 4.39. The van der Waals surface area contributed by atoms with E-state index in [0.29, 0.717) is 24.5 Å². The Balaban J connectivity index is 1.53. The predicted octanol–water partition coefficient (Wildman–Crippen LogP) is 3.40. The monoisotopic (exact) mass is 313 g/mol. The van der Waals surface area contributed by atoms with Crippen molar-refractivity contribution in [3.63, 3.8) is 0 Å². The molecule has 0 saturated heterocycles. The zero-order valence-corrected chi connectivity index (χ0v) is 12.8. The van der Waals surface area contributed by atoms with Gasteiger partial charge >= 0.3 is 0 Å². The Morgan fingerprint density at radius 2 is 1.91 bits per heavy atom. The number of benzene rings is 2. The van der Waals surface area contributed by atoms with Crippen LogP contribution in [0.3, 0.4) is 0 Å². The number of amides is 1. The number of halogens is 1. The van der Waals surface area contributed by atoms with E-state index in [1.54, 1.807) is 0 Å². The summed E-state index contributed by atoms with van der Waals surface area (Å²) >= 11 is 5.83. The minimum Gasteiger partial charge on any atom is -0.352 e. The minimum atomic E-state index is 0.00883. The second-order valence-electron chi connectivity index (χ2n) is 5.08. The quantitative estimate of drug-likeness (QED) is 0.785. The maximum atomic E-state index is 11.9. The Morgan fingerprint density at radius 3 is 2.73 bits per heavy atom. The molecule has 0 aliphatic heterocycles. The second kappa shape index (κ2) is 6.62. The van der Waals surface area contributed by atoms with E-state index < -0.39 is 0 Å². The van der Waals surface area contributed by atoms with E-state index in [2.05, 4.69) is 10.4 Å². The molecule has 1 heterocycles. The van der Waals surface area contributed by atoms with Crippen molar-refractivity contribution in [1.82, 2.24) is 15.1 Å². The number of nitrogens with zero attached hydrogens (tertiary/aromatic N) is 2. The van der Waals surface area contributed by atoms with Gasteiger partial charge < -0.3 is 5.32 Å². The Hall–Kier alpha value is -2.33. The molecule has 1 aromatic heterocycles. The zero-order chi connectivity index (χ0) is 15.4. The highest BCUT2D eigenvalue weighted by molar-refractivity contribution is 6.30. The van der Waals surface area contributed by atoms with Gasteiger partial charge in [-0.2, -0.15) is 5.10 Å². The molecule has 0 bridgehead atoms. The van der Waals surface area contributed by atoms with Crippen LogP contribution >= 0.6 is 11.6 Å². The Bertz CT molecular complexity index is 780. The number of aryl methyl sites for hydroxylation is 1. The second-order valence-corrected chi connectivity index (χ2v) is 5.52. The first-order valence-electron chi connectivity index (χ1n) is 7.14. The fraction of sp³-hybridized carbons (Fsp3) is 0.176. The number of fused-ring (bicyclic) bond motifs is 1. The van der Waals surface area contributed by atoms with Crippen molar-refractivity contribution >= 4 is 28.4 Å². The Labute approximate surface area is 133 Å². The average Bonchev–Trinajstić information content (AvgIpc) is 2.96. The summed E-state index contributed by atoms with van der Waals surface area (Å²) in [5, 5.41) is 9.01. The molecule has 3 aromatic rings. The van der Waals surface area contributed by atoms with Crippen LogP contribution in [0.25, 0.3) is 10.9 Å². The standard InChI is InChI=1S/C17H16ClN3O/c18-15-7-5-13(6-8-15)11-19-17(22)9-10-21-16-4-2-1-3-14(16)12-20-21/h1-8,12H,9-11H2,(H,19,22). The first kappa shape index (κ1) is 14.6. The highest BCUT2D eigenvalue weighted by Crippen LogP contribution is 2.13. The highest BCUT2D eigenvalue weighted by atomic mass is 35.5. The molecule has 22 heavy (non-hydrogen) atoms. The van der Waals surface area contributed by atoms with Crippen molar-refractivity contribution in [2.24, 2.45) is 0 Å². The van der Waals surface area contributed by atoms with Crippen LogP contribution in [0.2, 0.25) is 5.02 Å². The average molecular weight is 314 g/mol. The van der Waals surface area contributed by atoms with E-state index in [1.165, 1.54) is 0 Å². The van der Waals surface area contributed by atoms with Crippen LogP contribution < -0.4 is 5.32 Å². The molecule has 0 fully saturated rings. The third kappa shape index (κ3) is 3.46. The molecule has 0 aliphatic rings. The fourth-order valence-corrected chi connectivity index (χ4v) is 2.43. The van der Waals surface area contributed by atoms with Crippen molar-refractivity contribution in [1.29, 1.82) is 0 Å². The number of carbonyl (C=O) groups is 1. The number of hydrogen-bond donors (Lipinski definition) is 1. The molecule has 1 amide bonds. The molecule has 112 valence electrons. The van der Waals surface area contributed by atoms with Crippen LogP contribution in [0.5, 0.6) is 0 Å². The maximum absolute atomic E-state index is 11.9. The minimum absolute atomic E-state index is 0.00883. The molecule has 1 N–H and O–H groups in total. The third-order valence-corrected chi connectivity index (χ3v) is 3.76. The van der Waals surface area contributed by atoms with Crippen molar-refractivity contribution < 1.29 is 4.79 Å². The summed E-state index contributed by atoms with van der Waals surface area (Å²) < 4.78 is 1.86. The van der Waals surface area contributed by atoms with Gasteiger partial charge in [0.1, 0.15) is 0 Å². The molecule has 0 spiro atoms. The van der Waals surface area contributed by atoms with E-state index in [-0.39, 0.29) is 5.91 Å². The first-order chi connectivity index (χ1) is 10.7. The van der Waals surface area contributed by atoms with Gasteiger partial charge in [0.15, 0.2) is 0 Å². The molecule has 2 aromatic carbocycles. The summed E-state index contributed by atoms with van der Waals surface area (Å²) in [5.41, 5.74) is 2.08.